The van der Waals surface area contributed by atoms with E-state index in [0.717, 1.165) is 36.8 Å². The van der Waals surface area contributed by atoms with Crippen LogP contribution in [0.4, 0.5) is 5.69 Å². The third-order valence-corrected chi connectivity index (χ3v) is 10.2. The Bertz CT molecular complexity index is 1800. The van der Waals surface area contributed by atoms with Crippen LogP contribution in [-0.2, 0) is 17.1 Å². The molecule has 226 valence electrons. The number of aromatic nitrogens is 2. The van der Waals surface area contributed by atoms with Gasteiger partial charge in [0, 0.05) is 12.6 Å². The number of para-hydroxylation sites is 1. The van der Waals surface area contributed by atoms with Gasteiger partial charge in [-0.15, -0.1) is 0 Å². The van der Waals surface area contributed by atoms with Gasteiger partial charge in [-0.05, 0) is 86.4 Å². The number of amides is 1. The second-order valence-electron chi connectivity index (χ2n) is 11.8. The molecule has 1 unspecified atom stereocenters. The highest BCUT2D eigenvalue weighted by molar-refractivity contribution is 7.92. The highest BCUT2D eigenvalue weighted by Crippen LogP contribution is 2.38. The van der Waals surface area contributed by atoms with Crippen LogP contribution in [0.3, 0.4) is 0 Å². The lowest BCUT2D eigenvalue weighted by atomic mass is 9.76. The van der Waals surface area contributed by atoms with Gasteiger partial charge in [0.15, 0.2) is 0 Å². The average molecular weight is 601 g/mol. The molecule has 0 radical (unpaired) electrons. The molecular weight excluding hydrogens is 560 g/mol. The molecule has 1 heterocycles. The van der Waals surface area contributed by atoms with E-state index in [1.54, 1.807) is 43.8 Å². The SMILES string of the molecule is Cc1ccc(S(=O)(=O)Nc2c(C)n(C)n(-c3ccccc3)c2=O)cc1C(=O)NC(c1ccccc1C)C1CCC(C)CC1. The topological polar surface area (TPSA) is 102 Å². The molecule has 2 N–H and O–H groups in total. The molecule has 8 nitrogen and oxygen atoms in total. The van der Waals surface area contributed by atoms with Crippen LogP contribution < -0.4 is 15.6 Å². The Labute approximate surface area is 253 Å². The molecule has 9 heteroatoms. The number of benzene rings is 3. The summed E-state index contributed by atoms with van der Waals surface area (Å²) >= 11 is 0. The number of rotatable bonds is 8. The fourth-order valence-corrected chi connectivity index (χ4v) is 7.26. The number of anilines is 1. The zero-order chi connectivity index (χ0) is 30.9. The molecule has 4 aromatic rings. The minimum atomic E-state index is -4.19. The second kappa shape index (κ2) is 12.2. The molecule has 1 aliphatic carbocycles. The molecule has 0 spiro atoms. The zero-order valence-corrected chi connectivity index (χ0v) is 26.2. The van der Waals surface area contributed by atoms with E-state index in [-0.39, 0.29) is 28.1 Å². The van der Waals surface area contributed by atoms with Crippen molar-refractivity contribution < 1.29 is 13.2 Å². The van der Waals surface area contributed by atoms with Gasteiger partial charge in [-0.1, -0.05) is 68.3 Å². The predicted octanol–water partition coefficient (Wildman–Crippen LogP) is 6.20. The Morgan fingerprint density at radius 2 is 1.53 bits per heavy atom. The Morgan fingerprint density at radius 1 is 0.884 bits per heavy atom. The summed E-state index contributed by atoms with van der Waals surface area (Å²) in [5, 5.41) is 3.28. The minimum absolute atomic E-state index is 0.0379. The van der Waals surface area contributed by atoms with Crippen molar-refractivity contribution in [2.45, 2.75) is 64.3 Å². The first-order valence-corrected chi connectivity index (χ1v) is 16.3. The van der Waals surface area contributed by atoms with Crippen molar-refractivity contribution in [3.63, 3.8) is 0 Å². The molecule has 0 saturated heterocycles. The third kappa shape index (κ3) is 6.18. The van der Waals surface area contributed by atoms with Crippen LogP contribution in [0.5, 0.6) is 0 Å². The molecule has 1 aromatic heterocycles. The van der Waals surface area contributed by atoms with Crippen LogP contribution in [0, 0.1) is 32.6 Å². The van der Waals surface area contributed by atoms with Gasteiger partial charge in [0.2, 0.25) is 0 Å². The predicted molar refractivity (Wildman–Crippen MR) is 170 cm³/mol. The molecule has 1 fully saturated rings. The second-order valence-corrected chi connectivity index (χ2v) is 13.5. The quantitative estimate of drug-likeness (QED) is 0.251. The summed E-state index contributed by atoms with van der Waals surface area (Å²) in [5.41, 5.74) is 3.72. The van der Waals surface area contributed by atoms with Gasteiger partial charge >= 0.3 is 0 Å². The van der Waals surface area contributed by atoms with Gasteiger partial charge in [0.05, 0.1) is 22.3 Å². The largest absolute Gasteiger partial charge is 0.345 e. The molecule has 0 aliphatic heterocycles. The van der Waals surface area contributed by atoms with Gasteiger partial charge in [0.1, 0.15) is 5.69 Å². The maximum absolute atomic E-state index is 13.8. The van der Waals surface area contributed by atoms with Crippen LogP contribution >= 0.6 is 0 Å². The van der Waals surface area contributed by atoms with Crippen molar-refractivity contribution in [1.29, 1.82) is 0 Å². The number of aryl methyl sites for hydroxylation is 2. The summed E-state index contributed by atoms with van der Waals surface area (Å²) in [6.07, 6.45) is 4.28. The van der Waals surface area contributed by atoms with Crippen molar-refractivity contribution >= 4 is 21.6 Å². The molecular formula is C34H40N4O4S. The smallest absolute Gasteiger partial charge is 0.296 e. The first kappa shape index (κ1) is 30.4. The van der Waals surface area contributed by atoms with Crippen molar-refractivity contribution in [3.05, 3.63) is 111 Å². The summed E-state index contributed by atoms with van der Waals surface area (Å²) in [6, 6.07) is 21.5. The molecule has 5 rings (SSSR count). The Balaban J connectivity index is 1.45. The Kier molecular flexibility index (Phi) is 8.64. The molecule has 0 bridgehead atoms. The van der Waals surface area contributed by atoms with Crippen molar-refractivity contribution in [1.82, 2.24) is 14.7 Å². The lowest BCUT2D eigenvalue weighted by Crippen LogP contribution is -2.36. The Morgan fingerprint density at radius 3 is 2.21 bits per heavy atom. The van der Waals surface area contributed by atoms with Crippen LogP contribution in [0.1, 0.15) is 71.4 Å². The van der Waals surface area contributed by atoms with Crippen molar-refractivity contribution in [2.24, 2.45) is 18.9 Å². The fourth-order valence-electron chi connectivity index (χ4n) is 6.12. The van der Waals surface area contributed by atoms with Crippen molar-refractivity contribution in [3.8, 4) is 5.69 Å². The zero-order valence-electron chi connectivity index (χ0n) is 25.4. The Hall–Kier alpha value is -4.11. The maximum Gasteiger partial charge on any atom is 0.296 e. The van der Waals surface area contributed by atoms with E-state index in [4.69, 9.17) is 0 Å². The van der Waals surface area contributed by atoms with Crippen LogP contribution in [0.25, 0.3) is 5.69 Å². The normalized spacial score (nSPS) is 17.8. The van der Waals surface area contributed by atoms with Gasteiger partial charge in [-0.25, -0.2) is 13.1 Å². The van der Waals surface area contributed by atoms with Gasteiger partial charge in [0.25, 0.3) is 21.5 Å². The van der Waals surface area contributed by atoms with E-state index in [1.807, 2.05) is 30.3 Å². The van der Waals surface area contributed by atoms with Gasteiger partial charge in [-0.3, -0.25) is 19.0 Å². The van der Waals surface area contributed by atoms with Crippen LogP contribution in [0.2, 0.25) is 0 Å². The number of nitrogens with zero attached hydrogens (tertiary/aromatic N) is 2. The van der Waals surface area contributed by atoms with E-state index in [1.165, 1.54) is 16.8 Å². The number of sulfonamides is 1. The number of carbonyl (C=O) groups is 1. The summed E-state index contributed by atoms with van der Waals surface area (Å²) < 4.78 is 32.8. The van der Waals surface area contributed by atoms with E-state index >= 15 is 0 Å². The first-order chi connectivity index (χ1) is 20.5. The monoisotopic (exact) mass is 600 g/mol. The maximum atomic E-state index is 13.8. The lowest BCUT2D eigenvalue weighted by Gasteiger charge is -2.34. The molecule has 1 saturated carbocycles. The summed E-state index contributed by atoms with van der Waals surface area (Å²) in [6.45, 7) is 7.81. The first-order valence-electron chi connectivity index (χ1n) is 14.8. The molecule has 3 aromatic carbocycles. The fraction of sp³-hybridized carbons (Fsp3) is 0.353. The summed E-state index contributed by atoms with van der Waals surface area (Å²) in [4.78, 5) is 27.1. The van der Waals surface area contributed by atoms with Crippen molar-refractivity contribution in [2.75, 3.05) is 4.72 Å². The van der Waals surface area contributed by atoms with E-state index in [2.05, 4.69) is 36.0 Å². The number of nitrogens with one attached hydrogen (secondary N) is 2. The lowest BCUT2D eigenvalue weighted by molar-refractivity contribution is 0.0907. The molecule has 1 atom stereocenters. The number of hydrogen-bond donors (Lipinski definition) is 2. The highest BCUT2D eigenvalue weighted by atomic mass is 32.2. The molecule has 1 amide bonds. The summed E-state index contributed by atoms with van der Waals surface area (Å²) in [5.74, 6) is 0.651. The van der Waals surface area contributed by atoms with Crippen LogP contribution in [-0.4, -0.2) is 23.7 Å². The standard InChI is InChI=1S/C34H40N4O4S/c1-22-15-18-26(19-16-22)32(29-14-10-9-11-23(29)2)35-33(39)30-21-28(20-17-24(30)3)43(41,42)36-31-25(4)37(5)38(34(31)40)27-12-7-6-8-13-27/h6-14,17,20-22,26,32,36H,15-16,18-19H2,1-5H3,(H,35,39). The highest BCUT2D eigenvalue weighted by Gasteiger charge is 2.31. The van der Waals surface area contributed by atoms with E-state index < -0.39 is 15.6 Å². The van der Waals surface area contributed by atoms with Gasteiger partial charge < -0.3 is 5.32 Å². The molecule has 43 heavy (non-hydrogen) atoms. The molecule has 1 aliphatic rings. The summed E-state index contributed by atoms with van der Waals surface area (Å²) in [7, 11) is -2.49. The third-order valence-electron chi connectivity index (χ3n) is 8.90. The number of hydrogen-bond acceptors (Lipinski definition) is 4. The van der Waals surface area contributed by atoms with E-state index in [9.17, 15) is 18.0 Å². The van der Waals surface area contributed by atoms with Gasteiger partial charge in [-0.2, -0.15) is 0 Å². The average Bonchev–Trinajstić information content (AvgIpc) is 3.19. The minimum Gasteiger partial charge on any atom is -0.345 e. The van der Waals surface area contributed by atoms with E-state index in [0.29, 0.717) is 28.8 Å². The van der Waals surface area contributed by atoms with Crippen LogP contribution in [0.15, 0.2) is 82.5 Å². The number of carbonyl (C=O) groups excluding carboxylic acids is 1.